The molecule has 118 valence electrons. The molecule has 2 rings (SSSR count). The van der Waals surface area contributed by atoms with Crippen molar-refractivity contribution in [3.63, 3.8) is 0 Å². The van der Waals surface area contributed by atoms with Crippen LogP contribution in [0.4, 0.5) is 11.6 Å². The molecule has 0 aliphatic rings. The summed E-state index contributed by atoms with van der Waals surface area (Å²) in [7, 11) is 0. The van der Waals surface area contributed by atoms with Gasteiger partial charge in [0.2, 0.25) is 11.4 Å². The first-order valence-corrected chi connectivity index (χ1v) is 6.03. The number of aromatic nitrogens is 2. The van der Waals surface area contributed by atoms with Gasteiger partial charge in [-0.15, -0.1) is 0 Å². The zero-order valence-corrected chi connectivity index (χ0v) is 11.3. The lowest BCUT2D eigenvalue weighted by Gasteiger charge is -2.19. The summed E-state index contributed by atoms with van der Waals surface area (Å²) in [5.74, 6) is -2.20. The number of carbonyl (C=O) groups is 1. The van der Waals surface area contributed by atoms with Crippen molar-refractivity contribution in [3.8, 4) is 6.07 Å². The normalized spacial score (nSPS) is 13.0. The summed E-state index contributed by atoms with van der Waals surface area (Å²) in [6, 6.07) is 4.32. The fraction of sp³-hybridized carbons (Fsp3) is 0.167. The minimum Gasteiger partial charge on any atom is -0.480 e. The van der Waals surface area contributed by atoms with E-state index in [1.165, 1.54) is 24.5 Å². The van der Waals surface area contributed by atoms with Crippen LogP contribution in [0.5, 0.6) is 0 Å². The van der Waals surface area contributed by atoms with Crippen LogP contribution in [0.25, 0.3) is 0 Å². The number of carboxylic acid groups (broad SMARTS) is 1. The molecule has 0 spiro atoms. The molecule has 1 atom stereocenters. The predicted octanol–water partition coefficient (Wildman–Crippen LogP) is -0.0580. The Labute approximate surface area is 127 Å². The molecule has 2 aromatic rings. The number of aromatic amines is 1. The van der Waals surface area contributed by atoms with Crippen LogP contribution in [0.3, 0.4) is 0 Å². The number of hydrogen-bond donors (Lipinski definition) is 3. The molecule has 1 unspecified atom stereocenters. The van der Waals surface area contributed by atoms with Gasteiger partial charge < -0.3 is 15.3 Å². The average Bonchev–Trinajstić information content (AvgIpc) is 2.95. The molecule has 0 saturated heterocycles. The number of H-pyrrole nitrogens is 1. The summed E-state index contributed by atoms with van der Waals surface area (Å²) in [4.78, 5) is 38.9. The van der Waals surface area contributed by atoms with Gasteiger partial charge in [-0.1, -0.05) is 0 Å². The molecule has 0 radical (unpaired) electrons. The van der Waals surface area contributed by atoms with E-state index in [-0.39, 0.29) is 5.76 Å². The largest absolute Gasteiger partial charge is 0.480 e. The summed E-state index contributed by atoms with van der Waals surface area (Å²) in [5, 5.41) is 30.0. The topological polar surface area (TPSA) is 189 Å². The number of nitrogen functional groups attached to an aromatic ring is 1. The van der Waals surface area contributed by atoms with Gasteiger partial charge in [0.15, 0.2) is 5.69 Å². The van der Waals surface area contributed by atoms with Crippen molar-refractivity contribution in [2.24, 2.45) is 0 Å². The van der Waals surface area contributed by atoms with Crippen molar-refractivity contribution in [1.82, 2.24) is 9.97 Å². The van der Waals surface area contributed by atoms with E-state index < -0.39 is 45.6 Å². The van der Waals surface area contributed by atoms with Crippen molar-refractivity contribution >= 4 is 17.6 Å². The van der Waals surface area contributed by atoms with E-state index in [2.05, 4.69) is 4.98 Å². The number of nitrogens with two attached hydrogens (primary N) is 1. The molecule has 11 heteroatoms. The molecule has 0 saturated carbocycles. The summed E-state index contributed by atoms with van der Waals surface area (Å²) in [6.07, 6.45) is 0.676. The van der Waals surface area contributed by atoms with E-state index in [4.69, 9.17) is 10.2 Å². The number of nitrogens with one attached hydrogen (secondary N) is 1. The number of nitriles is 1. The van der Waals surface area contributed by atoms with Gasteiger partial charge in [-0.05, 0) is 12.1 Å². The Morgan fingerprint density at radius 2 is 2.35 bits per heavy atom. The number of aliphatic carboxylic acids is 1. The van der Waals surface area contributed by atoms with E-state index >= 15 is 0 Å². The van der Waals surface area contributed by atoms with Crippen LogP contribution in [-0.2, 0) is 16.6 Å². The van der Waals surface area contributed by atoms with Crippen LogP contribution in [0.15, 0.2) is 27.6 Å². The van der Waals surface area contributed by atoms with Crippen LogP contribution in [0.2, 0.25) is 0 Å². The summed E-state index contributed by atoms with van der Waals surface area (Å²) in [6.45, 7) is 0. The molecule has 0 bridgehead atoms. The van der Waals surface area contributed by atoms with Crippen molar-refractivity contribution in [2.75, 3.05) is 5.73 Å². The van der Waals surface area contributed by atoms with Gasteiger partial charge in [0.1, 0.15) is 5.76 Å². The molecule has 0 amide bonds. The Morgan fingerprint density at radius 3 is 2.83 bits per heavy atom. The van der Waals surface area contributed by atoms with Gasteiger partial charge >= 0.3 is 17.2 Å². The minimum absolute atomic E-state index is 0.0731. The molecule has 11 nitrogen and oxygen atoms in total. The molecule has 2 aromatic heterocycles. The highest BCUT2D eigenvalue weighted by atomic mass is 16.6. The predicted molar refractivity (Wildman–Crippen MR) is 73.3 cm³/mol. The van der Waals surface area contributed by atoms with Crippen LogP contribution in [0, 0.1) is 21.4 Å². The van der Waals surface area contributed by atoms with Crippen molar-refractivity contribution in [1.29, 1.82) is 5.26 Å². The van der Waals surface area contributed by atoms with Gasteiger partial charge in [0, 0.05) is 6.42 Å². The van der Waals surface area contributed by atoms with Crippen molar-refractivity contribution < 1.29 is 19.2 Å². The summed E-state index contributed by atoms with van der Waals surface area (Å²) < 4.78 is 4.99. The molecule has 0 aromatic carbocycles. The maximum Gasteiger partial charge on any atom is 0.357 e. The lowest BCUT2D eigenvalue weighted by atomic mass is 9.80. The number of rotatable bonds is 5. The molecule has 0 aliphatic heterocycles. The van der Waals surface area contributed by atoms with E-state index in [1.54, 1.807) is 0 Å². The maximum absolute atomic E-state index is 11.7. The molecule has 2 heterocycles. The first kappa shape index (κ1) is 15.7. The highest BCUT2D eigenvalue weighted by Crippen LogP contribution is 2.32. The van der Waals surface area contributed by atoms with E-state index in [0.717, 1.165) is 0 Å². The zero-order chi connectivity index (χ0) is 17.2. The second kappa shape index (κ2) is 5.60. The Hall–Kier alpha value is -3.68. The summed E-state index contributed by atoms with van der Waals surface area (Å²) >= 11 is 0. The fourth-order valence-electron chi connectivity index (χ4n) is 2.03. The van der Waals surface area contributed by atoms with Crippen molar-refractivity contribution in [3.05, 3.63) is 50.3 Å². The zero-order valence-electron chi connectivity index (χ0n) is 11.3. The lowest BCUT2D eigenvalue weighted by molar-refractivity contribution is -0.387. The second-order valence-electron chi connectivity index (χ2n) is 4.48. The quantitative estimate of drug-likeness (QED) is 0.500. The van der Waals surface area contributed by atoms with Gasteiger partial charge in [0.05, 0.1) is 17.3 Å². The smallest absolute Gasteiger partial charge is 0.357 e. The third-order valence-electron chi connectivity index (χ3n) is 3.08. The van der Waals surface area contributed by atoms with Crippen LogP contribution < -0.4 is 11.3 Å². The number of hydrogen-bond acceptors (Lipinski definition) is 8. The highest BCUT2D eigenvalue weighted by molar-refractivity contribution is 5.86. The third-order valence-corrected chi connectivity index (χ3v) is 3.08. The Balaban J connectivity index is 2.80. The Kier molecular flexibility index (Phi) is 3.83. The van der Waals surface area contributed by atoms with Gasteiger partial charge in [-0.3, -0.25) is 24.7 Å². The van der Waals surface area contributed by atoms with E-state index in [9.17, 15) is 30.1 Å². The standard InChI is InChI=1S/C12H9N5O6/c13-5-12(10(19)20,4-6-2-1-3-23-6)8-7(17(21)22)9(18)16-11(14)15-8/h1-3H,4H2,(H,19,20)(H3,14,15,16,18). The molecule has 0 fully saturated rings. The number of nitro groups is 1. The fourth-order valence-corrected chi connectivity index (χ4v) is 2.03. The van der Waals surface area contributed by atoms with E-state index in [0.29, 0.717) is 0 Å². The second-order valence-corrected chi connectivity index (χ2v) is 4.48. The van der Waals surface area contributed by atoms with Gasteiger partial charge in [-0.25, -0.2) is 4.98 Å². The minimum atomic E-state index is -2.51. The SMILES string of the molecule is N#CC(Cc1ccco1)(C(=O)O)c1nc(N)[nH]c(=O)c1[N+](=O)[O-]. The molecule has 4 N–H and O–H groups in total. The third kappa shape index (κ3) is 2.60. The average molecular weight is 319 g/mol. The Bertz CT molecular complexity index is 865. The molecular formula is C12H9N5O6. The highest BCUT2D eigenvalue weighted by Gasteiger charge is 2.49. The van der Waals surface area contributed by atoms with E-state index in [1.807, 2.05) is 4.98 Å². The number of anilines is 1. The molecule has 0 aliphatic carbocycles. The first-order valence-electron chi connectivity index (χ1n) is 6.03. The van der Waals surface area contributed by atoms with Crippen LogP contribution in [0.1, 0.15) is 11.5 Å². The first-order chi connectivity index (χ1) is 10.8. The maximum atomic E-state index is 11.7. The van der Waals surface area contributed by atoms with Gasteiger partial charge in [0.25, 0.3) is 0 Å². The molecule has 23 heavy (non-hydrogen) atoms. The molecular weight excluding hydrogens is 310 g/mol. The monoisotopic (exact) mass is 319 g/mol. The number of carboxylic acids is 1. The van der Waals surface area contributed by atoms with Crippen molar-refractivity contribution in [2.45, 2.75) is 11.8 Å². The number of furan rings is 1. The van der Waals surface area contributed by atoms with Crippen LogP contribution >= 0.6 is 0 Å². The van der Waals surface area contributed by atoms with Gasteiger partial charge in [-0.2, -0.15) is 5.26 Å². The van der Waals surface area contributed by atoms with Crippen LogP contribution in [-0.4, -0.2) is 26.0 Å². The summed E-state index contributed by atoms with van der Waals surface area (Å²) in [5.41, 5.74) is -0.434. The Morgan fingerprint density at radius 1 is 1.65 bits per heavy atom. The number of nitrogens with zero attached hydrogens (tertiary/aromatic N) is 3. The lowest BCUT2D eigenvalue weighted by Crippen LogP contribution is -2.40.